The average molecular weight is 235 g/mol. The van der Waals surface area contributed by atoms with Crippen molar-refractivity contribution >= 4 is 12.6 Å². The maximum absolute atomic E-state index is 9.89. The molecule has 2 atom stereocenters. The van der Waals surface area contributed by atoms with Gasteiger partial charge in [0.2, 0.25) is 0 Å². The first-order chi connectivity index (χ1) is 8.17. The van der Waals surface area contributed by atoms with Crippen molar-refractivity contribution in [3.05, 3.63) is 23.8 Å². The first kappa shape index (κ1) is 12.4. The van der Waals surface area contributed by atoms with Crippen molar-refractivity contribution in [1.82, 2.24) is 0 Å². The molecule has 0 bridgehead atoms. The van der Waals surface area contributed by atoms with Crippen LogP contribution < -0.4 is 15.9 Å². The molecule has 2 unspecified atom stereocenters. The van der Waals surface area contributed by atoms with Crippen molar-refractivity contribution in [3.8, 4) is 5.75 Å². The summed E-state index contributed by atoms with van der Waals surface area (Å²) in [7, 11) is -0.932. The zero-order valence-electron chi connectivity index (χ0n) is 10.2. The second-order valence-corrected chi connectivity index (χ2v) is 4.31. The van der Waals surface area contributed by atoms with Crippen LogP contribution in [0.1, 0.15) is 31.9 Å². The number of ether oxygens (including phenoxy) is 1. The van der Waals surface area contributed by atoms with Gasteiger partial charge >= 0.3 is 7.12 Å². The Morgan fingerprint density at radius 3 is 3.00 bits per heavy atom. The van der Waals surface area contributed by atoms with Crippen LogP contribution in [0.3, 0.4) is 0 Å². The highest BCUT2D eigenvalue weighted by Gasteiger charge is 2.37. The smallest absolute Gasteiger partial charge is 0.491 e. The summed E-state index contributed by atoms with van der Waals surface area (Å²) < 4.78 is 11.2. The molecule has 1 aliphatic heterocycles. The van der Waals surface area contributed by atoms with Gasteiger partial charge < -0.3 is 20.1 Å². The highest BCUT2D eigenvalue weighted by molar-refractivity contribution is 6.62. The molecule has 1 aliphatic rings. The lowest BCUT2D eigenvalue weighted by Gasteiger charge is -2.15. The van der Waals surface area contributed by atoms with Crippen molar-refractivity contribution in [3.63, 3.8) is 0 Å². The summed E-state index contributed by atoms with van der Waals surface area (Å²) in [5.41, 5.74) is 7.27. The molecule has 3 N–H and O–H groups in total. The SMILES string of the molecule is CCC(C)Oc1cccc2c1B(O)OC2CN. The molecule has 0 fully saturated rings. The van der Waals surface area contributed by atoms with Gasteiger partial charge in [0.1, 0.15) is 5.75 Å². The molecule has 4 nitrogen and oxygen atoms in total. The van der Waals surface area contributed by atoms with Crippen molar-refractivity contribution in [1.29, 1.82) is 0 Å². The lowest BCUT2D eigenvalue weighted by molar-refractivity contribution is 0.197. The van der Waals surface area contributed by atoms with E-state index in [1.165, 1.54) is 0 Å². The maximum atomic E-state index is 9.89. The molecule has 5 heteroatoms. The number of fused-ring (bicyclic) bond motifs is 1. The fourth-order valence-electron chi connectivity index (χ4n) is 1.99. The third-order valence-corrected chi connectivity index (χ3v) is 3.10. The molecule has 0 aromatic heterocycles. The van der Waals surface area contributed by atoms with Crippen molar-refractivity contribution in [2.45, 2.75) is 32.5 Å². The summed E-state index contributed by atoms with van der Waals surface area (Å²) >= 11 is 0. The fraction of sp³-hybridized carbons (Fsp3) is 0.500. The molecule has 0 amide bonds. The van der Waals surface area contributed by atoms with Gasteiger partial charge in [0, 0.05) is 12.0 Å². The Kier molecular flexibility index (Phi) is 3.71. The number of nitrogens with two attached hydrogens (primary N) is 1. The highest BCUT2D eigenvalue weighted by Crippen LogP contribution is 2.27. The van der Waals surface area contributed by atoms with Crippen LogP contribution in [0.25, 0.3) is 0 Å². The van der Waals surface area contributed by atoms with Crippen molar-refractivity contribution < 1.29 is 14.4 Å². The molecule has 92 valence electrons. The number of hydrogen-bond acceptors (Lipinski definition) is 4. The summed E-state index contributed by atoms with van der Waals surface area (Å²) in [5.74, 6) is 0.695. The van der Waals surface area contributed by atoms with Crippen LogP contribution >= 0.6 is 0 Å². The van der Waals surface area contributed by atoms with Gasteiger partial charge in [-0.3, -0.25) is 0 Å². The van der Waals surface area contributed by atoms with E-state index < -0.39 is 7.12 Å². The summed E-state index contributed by atoms with van der Waals surface area (Å²) in [4.78, 5) is 0. The lowest BCUT2D eigenvalue weighted by Crippen LogP contribution is -2.31. The van der Waals surface area contributed by atoms with Gasteiger partial charge in [0.05, 0.1) is 12.2 Å². The van der Waals surface area contributed by atoms with Crippen LogP contribution in [0, 0.1) is 0 Å². The maximum Gasteiger partial charge on any atom is 0.495 e. The van der Waals surface area contributed by atoms with Crippen LogP contribution in [-0.2, 0) is 4.65 Å². The van der Waals surface area contributed by atoms with Crippen LogP contribution in [-0.4, -0.2) is 24.8 Å². The van der Waals surface area contributed by atoms with Gasteiger partial charge in [-0.1, -0.05) is 19.1 Å². The minimum Gasteiger partial charge on any atom is -0.491 e. The van der Waals surface area contributed by atoms with E-state index in [0.29, 0.717) is 12.3 Å². The number of benzene rings is 1. The second-order valence-electron chi connectivity index (χ2n) is 4.31. The van der Waals surface area contributed by atoms with Crippen LogP contribution in [0.4, 0.5) is 0 Å². The first-order valence-corrected chi connectivity index (χ1v) is 6.00. The topological polar surface area (TPSA) is 64.7 Å². The minimum atomic E-state index is -0.932. The zero-order valence-corrected chi connectivity index (χ0v) is 10.2. The number of hydrogen-bond donors (Lipinski definition) is 2. The van der Waals surface area contributed by atoms with Gasteiger partial charge in [-0.05, 0) is 25.0 Å². The molecule has 0 saturated heterocycles. The van der Waals surface area contributed by atoms with E-state index in [0.717, 1.165) is 17.4 Å². The Bertz CT molecular complexity index is 399. The standard InChI is InChI=1S/C12H18BNO3/c1-3-8(2)16-10-6-4-5-9-11(7-14)17-13(15)12(9)10/h4-6,8,11,15H,3,7,14H2,1-2H3. The molecule has 1 aromatic rings. The summed E-state index contributed by atoms with van der Waals surface area (Å²) in [5, 5.41) is 9.89. The molecule has 0 radical (unpaired) electrons. The Morgan fingerprint density at radius 1 is 1.59 bits per heavy atom. The van der Waals surface area contributed by atoms with Crippen LogP contribution in [0.2, 0.25) is 0 Å². The Morgan fingerprint density at radius 2 is 2.35 bits per heavy atom. The number of rotatable bonds is 4. The van der Waals surface area contributed by atoms with Crippen molar-refractivity contribution in [2.75, 3.05) is 6.54 Å². The summed E-state index contributed by atoms with van der Waals surface area (Å²) in [6.07, 6.45) is 0.798. The largest absolute Gasteiger partial charge is 0.495 e. The highest BCUT2D eigenvalue weighted by atomic mass is 16.5. The fourth-order valence-corrected chi connectivity index (χ4v) is 1.99. The molecule has 1 aromatic carbocycles. The van der Waals surface area contributed by atoms with E-state index in [2.05, 4.69) is 6.92 Å². The Hall–Kier alpha value is -1.04. The quantitative estimate of drug-likeness (QED) is 0.749. The van der Waals surface area contributed by atoms with Crippen molar-refractivity contribution in [2.24, 2.45) is 5.73 Å². The monoisotopic (exact) mass is 235 g/mol. The van der Waals surface area contributed by atoms with Gasteiger partial charge in [-0.2, -0.15) is 0 Å². The molecular weight excluding hydrogens is 217 g/mol. The zero-order chi connectivity index (χ0) is 12.4. The van der Waals surface area contributed by atoms with E-state index in [9.17, 15) is 5.02 Å². The van der Waals surface area contributed by atoms with Gasteiger partial charge in [-0.15, -0.1) is 0 Å². The van der Waals surface area contributed by atoms with E-state index in [1.807, 2.05) is 25.1 Å². The van der Waals surface area contributed by atoms with E-state index in [4.69, 9.17) is 15.1 Å². The molecule has 0 spiro atoms. The van der Waals surface area contributed by atoms with Gasteiger partial charge in [0.15, 0.2) is 0 Å². The second kappa shape index (κ2) is 5.08. The molecule has 1 heterocycles. The Labute approximate surface area is 102 Å². The van der Waals surface area contributed by atoms with Crippen LogP contribution in [0.15, 0.2) is 18.2 Å². The predicted octanol–water partition coefficient (Wildman–Crippen LogP) is 0.581. The third kappa shape index (κ3) is 2.31. The van der Waals surface area contributed by atoms with E-state index >= 15 is 0 Å². The van der Waals surface area contributed by atoms with E-state index in [-0.39, 0.29) is 12.2 Å². The third-order valence-electron chi connectivity index (χ3n) is 3.10. The Balaban J connectivity index is 2.33. The lowest BCUT2D eigenvalue weighted by atomic mass is 9.78. The molecule has 17 heavy (non-hydrogen) atoms. The summed E-state index contributed by atoms with van der Waals surface area (Å²) in [6.45, 7) is 4.42. The molecule has 0 saturated carbocycles. The van der Waals surface area contributed by atoms with Gasteiger partial charge in [0.25, 0.3) is 0 Å². The normalized spacial score (nSPS) is 20.2. The van der Waals surface area contributed by atoms with E-state index in [1.54, 1.807) is 0 Å². The first-order valence-electron chi connectivity index (χ1n) is 6.00. The molecular formula is C12H18BNO3. The van der Waals surface area contributed by atoms with Crippen LogP contribution in [0.5, 0.6) is 5.75 Å². The van der Waals surface area contributed by atoms with Gasteiger partial charge in [-0.25, -0.2) is 0 Å². The minimum absolute atomic E-state index is 0.116. The molecule has 0 aliphatic carbocycles. The molecule has 2 rings (SSSR count). The predicted molar refractivity (Wildman–Crippen MR) is 67.3 cm³/mol. The summed E-state index contributed by atoms with van der Waals surface area (Å²) in [6, 6.07) is 5.68. The average Bonchev–Trinajstić information content (AvgIpc) is 2.67.